The predicted molar refractivity (Wildman–Crippen MR) is 171 cm³/mol. The van der Waals surface area contributed by atoms with Crippen LogP contribution in [0.2, 0.25) is 0 Å². The lowest BCUT2D eigenvalue weighted by molar-refractivity contribution is 0.102. The van der Waals surface area contributed by atoms with Crippen LogP contribution in [0.4, 0.5) is 14.5 Å². The molecular weight excluding hydrogens is 592 g/mol. The van der Waals surface area contributed by atoms with Crippen molar-refractivity contribution in [1.82, 2.24) is 9.55 Å². The summed E-state index contributed by atoms with van der Waals surface area (Å²) in [5.74, 6) is -0.766. The van der Waals surface area contributed by atoms with Gasteiger partial charge in [-0.25, -0.2) is 8.78 Å². The van der Waals surface area contributed by atoms with E-state index >= 15 is 4.39 Å². The number of halogens is 2. The fourth-order valence-corrected chi connectivity index (χ4v) is 5.18. The zero-order valence-corrected chi connectivity index (χ0v) is 25.0. The summed E-state index contributed by atoms with van der Waals surface area (Å²) in [6.07, 6.45) is 3.15. The average Bonchev–Trinajstić information content (AvgIpc) is 3.06. The van der Waals surface area contributed by atoms with Crippen LogP contribution >= 0.6 is 0 Å². The summed E-state index contributed by atoms with van der Waals surface area (Å²) >= 11 is 0. The van der Waals surface area contributed by atoms with E-state index in [-0.39, 0.29) is 17.0 Å². The molecule has 0 atom stereocenters. The monoisotopic (exact) mass is 619 g/mol. The Labute approximate surface area is 262 Å². The number of methoxy groups -OCH3 is 2. The molecule has 0 aliphatic heterocycles. The number of amides is 1. The maximum absolute atomic E-state index is 15.4. The van der Waals surface area contributed by atoms with Crippen LogP contribution in [-0.4, -0.2) is 29.7 Å². The topological polar surface area (TPSA) is 91.7 Å². The Kier molecular flexibility index (Phi) is 8.17. The van der Waals surface area contributed by atoms with Gasteiger partial charge in [-0.2, -0.15) is 0 Å². The zero-order chi connectivity index (χ0) is 32.4. The van der Waals surface area contributed by atoms with Gasteiger partial charge in [-0.1, -0.05) is 30.3 Å². The lowest BCUT2D eigenvalue weighted by atomic mass is 9.98. The van der Waals surface area contributed by atoms with Crippen LogP contribution in [0.25, 0.3) is 27.7 Å². The molecule has 2 aromatic heterocycles. The van der Waals surface area contributed by atoms with Gasteiger partial charge in [0.1, 0.15) is 17.1 Å². The smallest absolute Gasteiger partial charge is 0.268 e. The second kappa shape index (κ2) is 12.5. The molecule has 8 nitrogen and oxygen atoms in total. The Morgan fingerprint density at radius 3 is 2.24 bits per heavy atom. The summed E-state index contributed by atoms with van der Waals surface area (Å²) in [5.41, 5.74) is 2.13. The standard InChI is InChI=1S/C36H27F2N3O5/c1-21-27(22-7-5-4-6-8-22)20-41(25-12-9-23(37)10-13-25)36(43)34(21)35(42)40-24-11-14-31(28(38)17-24)46-30-15-16-39-29-19-33(45-3)32(44-2)18-26(29)30/h4-20H,1-3H3,(H,40,42). The van der Waals surface area contributed by atoms with Gasteiger partial charge in [0.05, 0.1) is 19.7 Å². The summed E-state index contributed by atoms with van der Waals surface area (Å²) in [6.45, 7) is 1.68. The molecule has 1 amide bonds. The van der Waals surface area contributed by atoms with E-state index in [1.54, 1.807) is 31.3 Å². The van der Waals surface area contributed by atoms with E-state index in [0.717, 1.165) is 11.6 Å². The van der Waals surface area contributed by atoms with E-state index in [1.807, 2.05) is 30.3 Å². The highest BCUT2D eigenvalue weighted by Crippen LogP contribution is 2.37. The normalized spacial score (nSPS) is 10.9. The number of benzene rings is 4. The Balaban J connectivity index is 1.33. The molecule has 0 bridgehead atoms. The molecule has 6 rings (SSSR count). The number of nitrogens with zero attached hydrogens (tertiary/aromatic N) is 2. The molecule has 230 valence electrons. The highest BCUT2D eigenvalue weighted by Gasteiger charge is 2.22. The number of rotatable bonds is 8. The third-order valence-corrected chi connectivity index (χ3v) is 7.50. The van der Waals surface area contributed by atoms with E-state index in [0.29, 0.717) is 45.0 Å². The minimum atomic E-state index is -0.748. The molecule has 1 N–H and O–H groups in total. The van der Waals surface area contributed by atoms with Crippen LogP contribution in [0.5, 0.6) is 23.0 Å². The third-order valence-electron chi connectivity index (χ3n) is 7.50. The predicted octanol–water partition coefficient (Wildman–Crippen LogP) is 7.70. The van der Waals surface area contributed by atoms with Gasteiger partial charge in [0.25, 0.3) is 11.5 Å². The number of anilines is 1. The number of hydrogen-bond donors (Lipinski definition) is 1. The van der Waals surface area contributed by atoms with Crippen molar-refractivity contribution in [2.24, 2.45) is 0 Å². The lowest BCUT2D eigenvalue weighted by Gasteiger charge is -2.16. The molecule has 10 heteroatoms. The number of carbonyl (C=O) groups excluding carboxylic acids is 1. The van der Waals surface area contributed by atoms with E-state index < -0.39 is 23.1 Å². The highest BCUT2D eigenvalue weighted by atomic mass is 19.1. The van der Waals surface area contributed by atoms with Gasteiger partial charge in [0, 0.05) is 46.9 Å². The van der Waals surface area contributed by atoms with Gasteiger partial charge in [-0.15, -0.1) is 0 Å². The van der Waals surface area contributed by atoms with Crippen molar-refractivity contribution in [2.75, 3.05) is 19.5 Å². The number of ether oxygens (including phenoxy) is 3. The third kappa shape index (κ3) is 5.75. The Bertz CT molecular complexity index is 2150. The minimum Gasteiger partial charge on any atom is -0.493 e. The highest BCUT2D eigenvalue weighted by molar-refractivity contribution is 6.06. The zero-order valence-electron chi connectivity index (χ0n) is 25.0. The number of carbonyl (C=O) groups is 1. The first kappa shape index (κ1) is 30.0. The number of nitrogens with one attached hydrogen (secondary N) is 1. The molecule has 0 aliphatic rings. The van der Waals surface area contributed by atoms with Gasteiger partial charge in [0.2, 0.25) is 0 Å². The molecule has 4 aromatic carbocycles. The molecule has 0 unspecified atom stereocenters. The molecule has 0 aliphatic carbocycles. The average molecular weight is 620 g/mol. The van der Waals surface area contributed by atoms with Crippen molar-refractivity contribution in [1.29, 1.82) is 0 Å². The Morgan fingerprint density at radius 1 is 0.826 bits per heavy atom. The van der Waals surface area contributed by atoms with Crippen LogP contribution < -0.4 is 25.1 Å². The summed E-state index contributed by atoms with van der Waals surface area (Å²) < 4.78 is 47.0. The molecule has 0 saturated heterocycles. The summed E-state index contributed by atoms with van der Waals surface area (Å²) in [4.78, 5) is 31.7. The van der Waals surface area contributed by atoms with Gasteiger partial charge >= 0.3 is 0 Å². The van der Waals surface area contributed by atoms with Crippen molar-refractivity contribution < 1.29 is 27.8 Å². The number of aromatic nitrogens is 2. The van der Waals surface area contributed by atoms with Crippen molar-refractivity contribution >= 4 is 22.5 Å². The summed E-state index contributed by atoms with van der Waals surface area (Å²) in [6, 6.07) is 23.6. The fraction of sp³-hybridized carbons (Fsp3) is 0.0833. The van der Waals surface area contributed by atoms with E-state index in [9.17, 15) is 14.0 Å². The number of pyridine rings is 2. The largest absolute Gasteiger partial charge is 0.493 e. The van der Waals surface area contributed by atoms with Crippen LogP contribution in [0, 0.1) is 18.6 Å². The van der Waals surface area contributed by atoms with Gasteiger partial charge in [-0.3, -0.25) is 19.1 Å². The molecule has 0 spiro atoms. The van der Waals surface area contributed by atoms with E-state index in [1.165, 1.54) is 61.4 Å². The molecular formula is C36H27F2N3O5. The maximum Gasteiger partial charge on any atom is 0.268 e. The van der Waals surface area contributed by atoms with Gasteiger partial charge < -0.3 is 19.5 Å². The summed E-state index contributed by atoms with van der Waals surface area (Å²) in [7, 11) is 3.02. The first-order valence-corrected chi connectivity index (χ1v) is 14.1. The van der Waals surface area contributed by atoms with Crippen LogP contribution in [-0.2, 0) is 0 Å². The van der Waals surface area contributed by atoms with Crippen molar-refractivity contribution in [3.05, 3.63) is 137 Å². The van der Waals surface area contributed by atoms with Gasteiger partial charge in [-0.05, 0) is 66.6 Å². The van der Waals surface area contributed by atoms with Crippen LogP contribution in [0.15, 0.2) is 108 Å². The minimum absolute atomic E-state index is 0.0961. The first-order chi connectivity index (χ1) is 22.3. The first-order valence-electron chi connectivity index (χ1n) is 14.1. The molecule has 46 heavy (non-hydrogen) atoms. The van der Waals surface area contributed by atoms with Gasteiger partial charge in [0.15, 0.2) is 23.1 Å². The Morgan fingerprint density at radius 2 is 1.54 bits per heavy atom. The quantitative estimate of drug-likeness (QED) is 0.188. The van der Waals surface area contributed by atoms with Crippen molar-refractivity contribution in [3.8, 4) is 39.8 Å². The summed E-state index contributed by atoms with van der Waals surface area (Å²) in [5, 5.41) is 3.22. The number of hydrogen-bond acceptors (Lipinski definition) is 6. The van der Waals surface area contributed by atoms with E-state index in [2.05, 4.69) is 10.3 Å². The fourth-order valence-electron chi connectivity index (χ4n) is 5.18. The SMILES string of the molecule is COc1cc2nccc(Oc3ccc(NC(=O)c4c(C)c(-c5ccccc5)cn(-c5ccc(F)cc5)c4=O)cc3F)c2cc1OC. The molecule has 0 radical (unpaired) electrons. The molecule has 0 fully saturated rings. The molecule has 2 heterocycles. The van der Waals surface area contributed by atoms with Crippen LogP contribution in [0.3, 0.4) is 0 Å². The van der Waals surface area contributed by atoms with Crippen LogP contribution in [0.1, 0.15) is 15.9 Å². The molecule has 6 aromatic rings. The second-order valence-electron chi connectivity index (χ2n) is 10.3. The Hall–Kier alpha value is -6.03. The molecule has 0 saturated carbocycles. The van der Waals surface area contributed by atoms with E-state index in [4.69, 9.17) is 14.2 Å². The second-order valence-corrected chi connectivity index (χ2v) is 10.3. The lowest BCUT2D eigenvalue weighted by Crippen LogP contribution is -2.30. The van der Waals surface area contributed by atoms with Crippen molar-refractivity contribution in [3.63, 3.8) is 0 Å². The number of fused-ring (bicyclic) bond motifs is 1. The maximum atomic E-state index is 15.4. The van der Waals surface area contributed by atoms with Crippen molar-refractivity contribution in [2.45, 2.75) is 6.92 Å².